The second kappa shape index (κ2) is 4.00. The quantitative estimate of drug-likeness (QED) is 0.801. The van der Waals surface area contributed by atoms with Crippen LogP contribution in [0.2, 0.25) is 0 Å². The van der Waals surface area contributed by atoms with Crippen molar-refractivity contribution in [3.8, 4) is 5.75 Å². The van der Waals surface area contributed by atoms with Crippen LogP contribution in [0.3, 0.4) is 0 Å². The van der Waals surface area contributed by atoms with Crippen LogP contribution in [-0.4, -0.2) is 9.67 Å². The van der Waals surface area contributed by atoms with Crippen molar-refractivity contribution in [3.63, 3.8) is 0 Å². The second-order valence-corrected chi connectivity index (χ2v) is 3.37. The van der Waals surface area contributed by atoms with Crippen molar-refractivity contribution < 1.29 is 5.11 Å². The van der Waals surface area contributed by atoms with Crippen LogP contribution in [0.1, 0.15) is 5.56 Å². The average molecular weight is 201 g/mol. The highest BCUT2D eigenvalue weighted by Crippen LogP contribution is 2.10. The molecule has 3 heteroatoms. The molecule has 0 aliphatic heterocycles. The number of aromatic hydroxyl groups is 1. The zero-order chi connectivity index (χ0) is 10.7. The van der Waals surface area contributed by atoms with Crippen LogP contribution in [0.15, 0.2) is 53.6 Å². The van der Waals surface area contributed by atoms with Gasteiger partial charge in [-0.15, -0.1) is 0 Å². The Bertz CT molecular complexity index is 479. The summed E-state index contributed by atoms with van der Waals surface area (Å²) in [7, 11) is 0. The Morgan fingerprint density at radius 1 is 1.00 bits per heavy atom. The van der Waals surface area contributed by atoms with Gasteiger partial charge in [0.25, 0.3) is 0 Å². The summed E-state index contributed by atoms with van der Waals surface area (Å²) in [5.74, 6) is 0.263. The molecular formula is C12H11NO2. The van der Waals surface area contributed by atoms with Gasteiger partial charge in [0, 0.05) is 31.1 Å². The predicted molar refractivity (Wildman–Crippen MR) is 57.9 cm³/mol. The van der Waals surface area contributed by atoms with Gasteiger partial charge >= 0.3 is 0 Å². The molecule has 76 valence electrons. The van der Waals surface area contributed by atoms with Gasteiger partial charge < -0.3 is 9.67 Å². The number of hydrogen-bond donors (Lipinski definition) is 1. The second-order valence-electron chi connectivity index (χ2n) is 3.37. The van der Waals surface area contributed by atoms with Crippen LogP contribution in [-0.2, 0) is 6.54 Å². The SMILES string of the molecule is O=c1ccn(Cc2ccc(O)cc2)cc1. The van der Waals surface area contributed by atoms with Crippen molar-refractivity contribution in [1.82, 2.24) is 4.57 Å². The third kappa shape index (κ3) is 2.47. The maximum atomic E-state index is 10.9. The Kier molecular flexibility index (Phi) is 2.54. The van der Waals surface area contributed by atoms with Gasteiger partial charge in [-0.25, -0.2) is 0 Å². The van der Waals surface area contributed by atoms with Crippen LogP contribution >= 0.6 is 0 Å². The van der Waals surface area contributed by atoms with Crippen LogP contribution in [0, 0.1) is 0 Å². The first-order valence-electron chi connectivity index (χ1n) is 4.68. The number of rotatable bonds is 2. The predicted octanol–water partition coefficient (Wildman–Crippen LogP) is 1.60. The van der Waals surface area contributed by atoms with Crippen LogP contribution in [0.5, 0.6) is 5.75 Å². The standard InChI is InChI=1S/C12H11NO2/c14-11-3-1-10(2-4-11)9-13-7-5-12(15)6-8-13/h1-8,14H,9H2. The van der Waals surface area contributed by atoms with Crippen molar-refractivity contribution in [1.29, 1.82) is 0 Å². The number of pyridine rings is 1. The van der Waals surface area contributed by atoms with Crippen molar-refractivity contribution in [2.75, 3.05) is 0 Å². The molecule has 0 atom stereocenters. The summed E-state index contributed by atoms with van der Waals surface area (Å²) in [6.45, 7) is 0.695. The number of aromatic nitrogens is 1. The van der Waals surface area contributed by atoms with E-state index in [-0.39, 0.29) is 11.2 Å². The molecule has 0 fully saturated rings. The lowest BCUT2D eigenvalue weighted by molar-refractivity contribution is 0.475. The van der Waals surface area contributed by atoms with E-state index in [9.17, 15) is 4.79 Å². The molecule has 1 aromatic carbocycles. The van der Waals surface area contributed by atoms with E-state index >= 15 is 0 Å². The highest BCUT2D eigenvalue weighted by atomic mass is 16.3. The minimum absolute atomic E-state index is 0.0111. The molecule has 0 spiro atoms. The monoisotopic (exact) mass is 201 g/mol. The van der Waals surface area contributed by atoms with Crippen LogP contribution in [0.4, 0.5) is 0 Å². The van der Waals surface area contributed by atoms with Crippen molar-refractivity contribution in [2.24, 2.45) is 0 Å². The number of benzene rings is 1. The third-order valence-electron chi connectivity index (χ3n) is 2.16. The average Bonchev–Trinajstić information content (AvgIpc) is 2.25. The molecule has 3 nitrogen and oxygen atoms in total. The van der Waals surface area contributed by atoms with Gasteiger partial charge in [-0.1, -0.05) is 12.1 Å². The smallest absolute Gasteiger partial charge is 0.181 e. The molecule has 1 N–H and O–H groups in total. The molecule has 0 aliphatic rings. The van der Waals surface area contributed by atoms with Gasteiger partial charge in [0.05, 0.1) is 0 Å². The molecule has 0 bridgehead atoms. The Labute approximate surface area is 87.2 Å². The Balaban J connectivity index is 2.18. The topological polar surface area (TPSA) is 42.2 Å². The molecule has 2 rings (SSSR count). The number of phenolic OH excluding ortho intramolecular Hbond substituents is 1. The molecule has 2 aromatic rings. The van der Waals surface area contributed by atoms with Gasteiger partial charge in [0.2, 0.25) is 0 Å². The van der Waals surface area contributed by atoms with Crippen LogP contribution < -0.4 is 5.43 Å². The zero-order valence-corrected chi connectivity index (χ0v) is 8.13. The number of hydrogen-bond acceptors (Lipinski definition) is 2. The van der Waals surface area contributed by atoms with E-state index in [1.54, 1.807) is 24.5 Å². The first-order chi connectivity index (χ1) is 7.24. The minimum atomic E-state index is 0.0111. The summed E-state index contributed by atoms with van der Waals surface area (Å²) in [6, 6.07) is 10.1. The van der Waals surface area contributed by atoms with Crippen LogP contribution in [0.25, 0.3) is 0 Å². The fraction of sp³-hybridized carbons (Fsp3) is 0.0833. The summed E-state index contributed by atoms with van der Waals surface area (Å²) in [5.41, 5.74) is 1.09. The molecule has 0 saturated carbocycles. The highest BCUT2D eigenvalue weighted by molar-refractivity contribution is 5.26. The largest absolute Gasteiger partial charge is 0.508 e. The van der Waals surface area contributed by atoms with Crippen molar-refractivity contribution in [2.45, 2.75) is 6.54 Å². The van der Waals surface area contributed by atoms with Crippen molar-refractivity contribution in [3.05, 3.63) is 64.6 Å². The van der Waals surface area contributed by atoms with Crippen molar-refractivity contribution >= 4 is 0 Å². The van der Waals surface area contributed by atoms with Gasteiger partial charge in [-0.05, 0) is 17.7 Å². The minimum Gasteiger partial charge on any atom is -0.508 e. The molecule has 0 amide bonds. The van der Waals surface area contributed by atoms with E-state index < -0.39 is 0 Å². The van der Waals surface area contributed by atoms with E-state index in [4.69, 9.17) is 5.11 Å². The van der Waals surface area contributed by atoms with E-state index in [0.29, 0.717) is 6.54 Å². The van der Waals surface area contributed by atoms with E-state index in [1.165, 1.54) is 12.1 Å². The lowest BCUT2D eigenvalue weighted by atomic mass is 10.2. The fourth-order valence-corrected chi connectivity index (χ4v) is 1.36. The lowest BCUT2D eigenvalue weighted by Crippen LogP contribution is -2.04. The maximum absolute atomic E-state index is 10.9. The number of nitrogens with zero attached hydrogens (tertiary/aromatic N) is 1. The molecule has 15 heavy (non-hydrogen) atoms. The van der Waals surface area contributed by atoms with E-state index in [0.717, 1.165) is 5.56 Å². The molecule has 1 heterocycles. The summed E-state index contributed by atoms with van der Waals surface area (Å²) < 4.78 is 1.91. The highest BCUT2D eigenvalue weighted by Gasteiger charge is 1.94. The van der Waals surface area contributed by atoms with E-state index in [2.05, 4.69) is 0 Å². The number of phenols is 1. The Morgan fingerprint density at radius 2 is 1.60 bits per heavy atom. The summed E-state index contributed by atoms with van der Waals surface area (Å²) in [6.07, 6.45) is 3.49. The Morgan fingerprint density at radius 3 is 2.20 bits per heavy atom. The summed E-state index contributed by atoms with van der Waals surface area (Å²) >= 11 is 0. The maximum Gasteiger partial charge on any atom is 0.181 e. The molecule has 1 aromatic heterocycles. The normalized spacial score (nSPS) is 10.1. The Hall–Kier alpha value is -2.03. The van der Waals surface area contributed by atoms with E-state index in [1.807, 2.05) is 16.7 Å². The summed E-state index contributed by atoms with van der Waals surface area (Å²) in [4.78, 5) is 10.9. The molecule has 0 unspecified atom stereocenters. The molecular weight excluding hydrogens is 190 g/mol. The third-order valence-corrected chi connectivity index (χ3v) is 2.16. The first-order valence-corrected chi connectivity index (χ1v) is 4.68. The first kappa shape index (κ1) is 9.52. The van der Waals surface area contributed by atoms with Gasteiger partial charge in [0.15, 0.2) is 5.43 Å². The fourth-order valence-electron chi connectivity index (χ4n) is 1.36. The zero-order valence-electron chi connectivity index (χ0n) is 8.13. The van der Waals surface area contributed by atoms with Gasteiger partial charge in [0.1, 0.15) is 5.75 Å². The van der Waals surface area contributed by atoms with Gasteiger partial charge in [-0.2, -0.15) is 0 Å². The summed E-state index contributed by atoms with van der Waals surface area (Å²) in [5, 5.41) is 9.11. The molecule has 0 saturated heterocycles. The lowest BCUT2D eigenvalue weighted by Gasteiger charge is -2.05. The van der Waals surface area contributed by atoms with Gasteiger partial charge in [-0.3, -0.25) is 4.79 Å². The molecule has 0 radical (unpaired) electrons. The molecule has 0 aliphatic carbocycles.